The summed E-state index contributed by atoms with van der Waals surface area (Å²) in [5, 5.41) is 6.97. The molecule has 0 saturated carbocycles. The first kappa shape index (κ1) is 17.6. The molecule has 23 heavy (non-hydrogen) atoms. The minimum absolute atomic E-state index is 0.331. The molecule has 7 heteroatoms. The second kappa shape index (κ2) is 8.76. The maximum Gasteiger partial charge on any atom is 0.323 e. The van der Waals surface area contributed by atoms with Gasteiger partial charge in [0, 0.05) is 23.0 Å². The number of pyridine rings is 1. The van der Waals surface area contributed by atoms with Crippen molar-refractivity contribution in [2.75, 3.05) is 37.0 Å². The number of carbonyl (C=O) groups is 1. The molecule has 0 unspecified atom stereocenters. The summed E-state index contributed by atoms with van der Waals surface area (Å²) in [5.74, 6) is 0.974. The number of halogens is 1. The fourth-order valence-electron chi connectivity index (χ4n) is 1.73. The van der Waals surface area contributed by atoms with Gasteiger partial charge < -0.3 is 15.5 Å². The molecule has 0 spiro atoms. The van der Waals surface area contributed by atoms with Crippen molar-refractivity contribution in [3.05, 3.63) is 47.6 Å². The number of hydrogen-bond acceptors (Lipinski definition) is 4. The molecule has 0 bridgehead atoms. The Hall–Kier alpha value is -1.76. The number of thioether (sulfide) groups is 1. The lowest BCUT2D eigenvalue weighted by atomic mass is 10.3. The summed E-state index contributed by atoms with van der Waals surface area (Å²) < 4.78 is 0. The Morgan fingerprint density at radius 3 is 2.65 bits per heavy atom. The Bertz CT molecular complexity index is 649. The number of rotatable bonds is 6. The fourth-order valence-corrected chi connectivity index (χ4v) is 2.88. The summed E-state index contributed by atoms with van der Waals surface area (Å²) >= 11 is 7.56. The monoisotopic (exact) mass is 350 g/mol. The zero-order valence-corrected chi connectivity index (χ0v) is 14.6. The SMILES string of the molecule is CN(C)CCSc1ccc(NC(=O)Nc2cccc(Cl)c2)cn1. The van der Waals surface area contributed by atoms with E-state index in [1.165, 1.54) is 0 Å². The number of nitrogens with zero attached hydrogens (tertiary/aromatic N) is 2. The molecule has 0 aliphatic heterocycles. The van der Waals surface area contributed by atoms with Gasteiger partial charge in [-0.2, -0.15) is 0 Å². The van der Waals surface area contributed by atoms with Gasteiger partial charge in [-0.1, -0.05) is 17.7 Å². The van der Waals surface area contributed by atoms with Crippen LogP contribution in [0.4, 0.5) is 16.2 Å². The number of nitrogens with one attached hydrogen (secondary N) is 2. The van der Waals surface area contributed by atoms with Crippen molar-refractivity contribution in [2.24, 2.45) is 0 Å². The van der Waals surface area contributed by atoms with E-state index in [0.717, 1.165) is 17.3 Å². The molecule has 2 N–H and O–H groups in total. The van der Waals surface area contributed by atoms with Crippen LogP contribution >= 0.6 is 23.4 Å². The number of hydrogen-bond donors (Lipinski definition) is 2. The average Bonchev–Trinajstić information content (AvgIpc) is 2.48. The van der Waals surface area contributed by atoms with Crippen molar-refractivity contribution in [1.29, 1.82) is 0 Å². The van der Waals surface area contributed by atoms with E-state index >= 15 is 0 Å². The lowest BCUT2D eigenvalue weighted by Gasteiger charge is -2.09. The van der Waals surface area contributed by atoms with Gasteiger partial charge in [0.15, 0.2) is 0 Å². The number of aromatic nitrogens is 1. The standard InChI is InChI=1S/C16H19ClN4OS/c1-21(2)8-9-23-15-7-6-14(11-18-15)20-16(22)19-13-5-3-4-12(17)10-13/h3-7,10-11H,8-9H2,1-2H3,(H2,19,20,22). The highest BCUT2D eigenvalue weighted by Gasteiger charge is 2.04. The van der Waals surface area contributed by atoms with E-state index in [-0.39, 0.29) is 6.03 Å². The molecule has 0 aliphatic carbocycles. The third-order valence-electron chi connectivity index (χ3n) is 2.87. The van der Waals surface area contributed by atoms with Gasteiger partial charge in [0.2, 0.25) is 0 Å². The fraction of sp³-hybridized carbons (Fsp3) is 0.250. The van der Waals surface area contributed by atoms with Crippen LogP contribution in [-0.4, -0.2) is 42.3 Å². The van der Waals surface area contributed by atoms with Gasteiger partial charge in [-0.25, -0.2) is 9.78 Å². The molecule has 5 nitrogen and oxygen atoms in total. The van der Waals surface area contributed by atoms with Crippen LogP contribution in [0.2, 0.25) is 5.02 Å². The summed E-state index contributed by atoms with van der Waals surface area (Å²) in [7, 11) is 4.08. The second-order valence-electron chi connectivity index (χ2n) is 5.13. The van der Waals surface area contributed by atoms with Gasteiger partial charge >= 0.3 is 6.03 Å². The second-order valence-corrected chi connectivity index (χ2v) is 6.68. The molecule has 0 fully saturated rings. The summed E-state index contributed by atoms with van der Waals surface area (Å²) in [5.41, 5.74) is 1.28. The van der Waals surface area contributed by atoms with E-state index in [4.69, 9.17) is 11.6 Å². The lowest BCUT2D eigenvalue weighted by Crippen LogP contribution is -2.19. The first-order valence-corrected chi connectivity index (χ1v) is 8.46. The molecule has 0 aliphatic rings. The summed E-state index contributed by atoms with van der Waals surface area (Å²) in [6, 6.07) is 10.4. The van der Waals surface area contributed by atoms with Crippen molar-refractivity contribution in [1.82, 2.24) is 9.88 Å². The molecule has 1 aromatic heterocycles. The summed E-state index contributed by atoms with van der Waals surface area (Å²) in [6.07, 6.45) is 1.65. The zero-order chi connectivity index (χ0) is 16.7. The molecule has 0 atom stereocenters. The van der Waals surface area contributed by atoms with Gasteiger partial charge in [-0.05, 0) is 44.4 Å². The zero-order valence-electron chi connectivity index (χ0n) is 13.0. The van der Waals surface area contributed by atoms with Crippen LogP contribution in [0.3, 0.4) is 0 Å². The van der Waals surface area contributed by atoms with Gasteiger partial charge in [-0.3, -0.25) is 0 Å². The molecule has 2 amide bonds. The molecule has 1 heterocycles. The van der Waals surface area contributed by atoms with Crippen LogP contribution < -0.4 is 10.6 Å². The number of carbonyl (C=O) groups excluding carboxylic acids is 1. The number of amides is 2. The molecular formula is C16H19ClN4OS. The highest BCUT2D eigenvalue weighted by atomic mass is 35.5. The first-order chi connectivity index (χ1) is 11.0. The maximum atomic E-state index is 11.9. The van der Waals surface area contributed by atoms with Crippen molar-refractivity contribution in [3.8, 4) is 0 Å². The molecule has 0 radical (unpaired) electrons. The van der Waals surface area contributed by atoms with E-state index in [0.29, 0.717) is 16.4 Å². The van der Waals surface area contributed by atoms with Crippen LogP contribution in [0, 0.1) is 0 Å². The van der Waals surface area contributed by atoms with Crippen molar-refractivity contribution in [3.63, 3.8) is 0 Å². The molecule has 0 saturated heterocycles. The highest BCUT2D eigenvalue weighted by molar-refractivity contribution is 7.99. The van der Waals surface area contributed by atoms with E-state index in [9.17, 15) is 4.79 Å². The van der Waals surface area contributed by atoms with E-state index in [1.807, 2.05) is 26.2 Å². The van der Waals surface area contributed by atoms with Crippen molar-refractivity contribution in [2.45, 2.75) is 5.03 Å². The number of anilines is 2. The molecule has 2 rings (SSSR count). The Morgan fingerprint density at radius 2 is 2.00 bits per heavy atom. The van der Waals surface area contributed by atoms with E-state index < -0.39 is 0 Å². The Balaban J connectivity index is 1.84. The minimum Gasteiger partial charge on any atom is -0.309 e. The van der Waals surface area contributed by atoms with Crippen LogP contribution in [0.25, 0.3) is 0 Å². The maximum absolute atomic E-state index is 11.9. The molecule has 1 aromatic carbocycles. The van der Waals surface area contributed by atoms with Crippen molar-refractivity contribution < 1.29 is 4.79 Å². The Labute approximate surface area is 145 Å². The van der Waals surface area contributed by atoms with Crippen LogP contribution in [0.1, 0.15) is 0 Å². The van der Waals surface area contributed by atoms with Gasteiger partial charge in [0.25, 0.3) is 0 Å². The molecule has 122 valence electrons. The highest BCUT2D eigenvalue weighted by Crippen LogP contribution is 2.18. The molecule has 2 aromatic rings. The summed E-state index contributed by atoms with van der Waals surface area (Å²) in [6.45, 7) is 0.994. The Kier molecular flexibility index (Phi) is 6.70. The first-order valence-electron chi connectivity index (χ1n) is 7.10. The minimum atomic E-state index is -0.331. The average molecular weight is 351 g/mol. The van der Waals surface area contributed by atoms with E-state index in [1.54, 1.807) is 42.2 Å². The van der Waals surface area contributed by atoms with Gasteiger partial charge in [0.1, 0.15) is 0 Å². The van der Waals surface area contributed by atoms with E-state index in [2.05, 4.69) is 20.5 Å². The Morgan fingerprint density at radius 1 is 1.22 bits per heavy atom. The number of benzene rings is 1. The van der Waals surface area contributed by atoms with Gasteiger partial charge in [-0.15, -0.1) is 11.8 Å². The van der Waals surface area contributed by atoms with Crippen LogP contribution in [0.15, 0.2) is 47.6 Å². The molecular weight excluding hydrogens is 332 g/mol. The number of urea groups is 1. The van der Waals surface area contributed by atoms with Gasteiger partial charge in [0.05, 0.1) is 16.9 Å². The van der Waals surface area contributed by atoms with Crippen LogP contribution in [0.5, 0.6) is 0 Å². The third kappa shape index (κ3) is 6.48. The normalized spacial score (nSPS) is 10.6. The smallest absolute Gasteiger partial charge is 0.309 e. The predicted octanol–water partition coefficient (Wildman–Crippen LogP) is 4.03. The quantitative estimate of drug-likeness (QED) is 0.772. The largest absolute Gasteiger partial charge is 0.323 e. The van der Waals surface area contributed by atoms with Crippen molar-refractivity contribution >= 4 is 40.8 Å². The summed E-state index contributed by atoms with van der Waals surface area (Å²) in [4.78, 5) is 18.4. The third-order valence-corrected chi connectivity index (χ3v) is 4.02. The predicted molar refractivity (Wildman–Crippen MR) is 97.6 cm³/mol. The lowest BCUT2D eigenvalue weighted by molar-refractivity contribution is 0.262. The topological polar surface area (TPSA) is 57.3 Å². The van der Waals surface area contributed by atoms with Crippen LogP contribution in [-0.2, 0) is 0 Å².